The SMILES string of the molecule is CC(NC(=O)C1CCN(c2ccc3nncn3n2)CC1)c1cc(F)ccc1N1CCN(C)CC1. The van der Waals surface area contributed by atoms with Gasteiger partial charge in [-0.3, -0.25) is 4.79 Å². The Balaban J connectivity index is 1.21. The molecule has 4 heterocycles. The number of piperazine rings is 1. The molecule has 1 N–H and O–H groups in total. The Morgan fingerprint density at radius 1 is 1.06 bits per heavy atom. The largest absolute Gasteiger partial charge is 0.369 e. The number of piperidine rings is 1. The summed E-state index contributed by atoms with van der Waals surface area (Å²) in [5.41, 5.74) is 2.55. The Bertz CT molecular complexity index is 1150. The number of halogens is 1. The first-order valence-corrected chi connectivity index (χ1v) is 11.9. The zero-order valence-corrected chi connectivity index (χ0v) is 19.7. The molecule has 1 amide bonds. The van der Waals surface area contributed by atoms with Crippen molar-refractivity contribution < 1.29 is 9.18 Å². The van der Waals surface area contributed by atoms with Crippen LogP contribution < -0.4 is 15.1 Å². The van der Waals surface area contributed by atoms with Gasteiger partial charge in [-0.05, 0) is 57.1 Å². The van der Waals surface area contributed by atoms with E-state index in [1.165, 1.54) is 6.07 Å². The van der Waals surface area contributed by atoms with E-state index in [1.54, 1.807) is 16.9 Å². The highest BCUT2D eigenvalue weighted by Gasteiger charge is 2.28. The predicted octanol–water partition coefficient (Wildman–Crippen LogP) is 2.11. The Kier molecular flexibility index (Phi) is 6.32. The van der Waals surface area contributed by atoms with Crippen LogP contribution in [0.4, 0.5) is 15.9 Å². The minimum absolute atomic E-state index is 0.0305. The normalized spacial score (nSPS) is 18.9. The Morgan fingerprint density at radius 3 is 2.59 bits per heavy atom. The van der Waals surface area contributed by atoms with Gasteiger partial charge < -0.3 is 20.0 Å². The number of nitrogens with zero attached hydrogens (tertiary/aromatic N) is 7. The molecular weight excluding hydrogens is 435 g/mol. The average Bonchev–Trinajstić information content (AvgIpc) is 3.33. The number of amides is 1. The van der Waals surface area contributed by atoms with Crippen molar-refractivity contribution in [3.8, 4) is 0 Å². The second-order valence-electron chi connectivity index (χ2n) is 9.31. The summed E-state index contributed by atoms with van der Waals surface area (Å²) in [7, 11) is 2.11. The average molecular weight is 467 g/mol. The molecule has 34 heavy (non-hydrogen) atoms. The fourth-order valence-corrected chi connectivity index (χ4v) is 4.87. The van der Waals surface area contributed by atoms with E-state index in [-0.39, 0.29) is 23.7 Å². The molecule has 9 nitrogen and oxygen atoms in total. The van der Waals surface area contributed by atoms with Gasteiger partial charge in [0.05, 0.1) is 6.04 Å². The van der Waals surface area contributed by atoms with E-state index >= 15 is 0 Å². The fourth-order valence-electron chi connectivity index (χ4n) is 4.87. The number of fused-ring (bicyclic) bond motifs is 1. The van der Waals surface area contributed by atoms with Crippen LogP contribution in [0.3, 0.4) is 0 Å². The van der Waals surface area contributed by atoms with Gasteiger partial charge in [-0.25, -0.2) is 4.39 Å². The Hall–Kier alpha value is -3.27. The highest BCUT2D eigenvalue weighted by molar-refractivity contribution is 5.79. The topological polar surface area (TPSA) is 81.9 Å². The summed E-state index contributed by atoms with van der Waals surface area (Å²) in [5, 5.41) is 15.6. The third kappa shape index (κ3) is 4.68. The fraction of sp³-hybridized carbons (Fsp3) is 0.500. The van der Waals surface area contributed by atoms with Crippen LogP contribution in [0.1, 0.15) is 31.4 Å². The summed E-state index contributed by atoms with van der Waals surface area (Å²) in [5.74, 6) is 0.539. The van der Waals surface area contributed by atoms with Crippen LogP contribution in [-0.2, 0) is 4.79 Å². The van der Waals surface area contributed by atoms with Crippen molar-refractivity contribution in [1.29, 1.82) is 0 Å². The summed E-state index contributed by atoms with van der Waals surface area (Å²) in [6.45, 7) is 7.16. The highest BCUT2D eigenvalue weighted by Crippen LogP contribution is 2.29. The van der Waals surface area contributed by atoms with Crippen molar-refractivity contribution in [3.63, 3.8) is 0 Å². The molecule has 0 radical (unpaired) electrons. The number of rotatable bonds is 5. The van der Waals surface area contributed by atoms with Crippen LogP contribution in [0.15, 0.2) is 36.7 Å². The van der Waals surface area contributed by atoms with Crippen LogP contribution in [0.5, 0.6) is 0 Å². The van der Waals surface area contributed by atoms with E-state index in [9.17, 15) is 9.18 Å². The Labute approximate surface area is 198 Å². The number of carbonyl (C=O) groups is 1. The molecule has 0 spiro atoms. The van der Waals surface area contributed by atoms with Crippen molar-refractivity contribution >= 4 is 23.1 Å². The molecule has 3 aromatic rings. The van der Waals surface area contributed by atoms with Gasteiger partial charge >= 0.3 is 0 Å². The molecule has 0 aliphatic carbocycles. The lowest BCUT2D eigenvalue weighted by Crippen LogP contribution is -2.45. The first-order valence-electron chi connectivity index (χ1n) is 11.9. The molecule has 0 bridgehead atoms. The highest BCUT2D eigenvalue weighted by atomic mass is 19.1. The van der Waals surface area contributed by atoms with Crippen molar-refractivity contribution in [2.45, 2.75) is 25.8 Å². The number of hydrogen-bond acceptors (Lipinski definition) is 7. The number of carbonyl (C=O) groups excluding carboxylic acids is 1. The molecule has 1 unspecified atom stereocenters. The Morgan fingerprint density at radius 2 is 1.82 bits per heavy atom. The number of anilines is 2. The number of likely N-dealkylation sites (N-methyl/N-ethyl adjacent to an activating group) is 1. The van der Waals surface area contributed by atoms with Crippen molar-refractivity contribution in [3.05, 3.63) is 48.0 Å². The monoisotopic (exact) mass is 466 g/mol. The standard InChI is InChI=1S/C24H31FN8O/c1-17(20-15-19(25)3-4-21(20)31-13-11-30(2)12-14-31)27-24(34)18-7-9-32(10-8-18)23-6-5-22-28-26-16-33(22)29-23/h3-6,15-18H,7-14H2,1-2H3,(H,27,34). The maximum absolute atomic E-state index is 14.1. The summed E-state index contributed by atoms with van der Waals surface area (Å²) in [6, 6.07) is 8.48. The first kappa shape index (κ1) is 22.5. The third-order valence-corrected chi connectivity index (χ3v) is 7.00. The number of benzene rings is 1. The van der Waals surface area contributed by atoms with Gasteiger partial charge in [-0.1, -0.05) is 0 Å². The van der Waals surface area contributed by atoms with E-state index in [0.29, 0.717) is 5.65 Å². The number of nitrogens with one attached hydrogen (secondary N) is 1. The van der Waals surface area contributed by atoms with Gasteiger partial charge in [0.25, 0.3) is 0 Å². The lowest BCUT2D eigenvalue weighted by atomic mass is 9.95. The third-order valence-electron chi connectivity index (χ3n) is 7.00. The summed E-state index contributed by atoms with van der Waals surface area (Å²) < 4.78 is 15.8. The smallest absolute Gasteiger partial charge is 0.223 e. The van der Waals surface area contributed by atoms with E-state index in [4.69, 9.17) is 0 Å². The second-order valence-corrected chi connectivity index (χ2v) is 9.31. The van der Waals surface area contributed by atoms with Gasteiger partial charge in [0.1, 0.15) is 18.0 Å². The summed E-state index contributed by atoms with van der Waals surface area (Å²) in [4.78, 5) is 19.9. The molecule has 1 aromatic carbocycles. The summed E-state index contributed by atoms with van der Waals surface area (Å²) in [6.07, 6.45) is 3.08. The number of hydrogen-bond donors (Lipinski definition) is 1. The van der Waals surface area contributed by atoms with Crippen molar-refractivity contribution in [2.75, 3.05) is 56.1 Å². The van der Waals surface area contributed by atoms with Crippen LogP contribution in [0.2, 0.25) is 0 Å². The molecule has 2 aromatic heterocycles. The molecule has 0 saturated carbocycles. The molecule has 5 rings (SSSR count). The minimum Gasteiger partial charge on any atom is -0.369 e. The molecule has 2 saturated heterocycles. The summed E-state index contributed by atoms with van der Waals surface area (Å²) >= 11 is 0. The van der Waals surface area contributed by atoms with E-state index in [2.05, 4.69) is 42.4 Å². The maximum atomic E-state index is 14.1. The molecule has 2 aliphatic rings. The zero-order chi connectivity index (χ0) is 23.7. The van der Waals surface area contributed by atoms with Crippen LogP contribution in [0, 0.1) is 11.7 Å². The van der Waals surface area contributed by atoms with Crippen LogP contribution in [0.25, 0.3) is 5.65 Å². The van der Waals surface area contributed by atoms with Gasteiger partial charge in [-0.2, -0.15) is 4.52 Å². The van der Waals surface area contributed by atoms with Crippen molar-refractivity contribution in [1.82, 2.24) is 30.0 Å². The zero-order valence-electron chi connectivity index (χ0n) is 19.7. The molecule has 10 heteroatoms. The maximum Gasteiger partial charge on any atom is 0.223 e. The molecule has 180 valence electrons. The van der Waals surface area contributed by atoms with E-state index in [0.717, 1.165) is 69.2 Å². The van der Waals surface area contributed by atoms with Gasteiger partial charge in [0.15, 0.2) is 5.65 Å². The molecule has 2 fully saturated rings. The van der Waals surface area contributed by atoms with Gasteiger partial charge in [-0.15, -0.1) is 15.3 Å². The van der Waals surface area contributed by atoms with Crippen LogP contribution >= 0.6 is 0 Å². The first-order chi connectivity index (χ1) is 16.5. The molecule has 1 atom stereocenters. The predicted molar refractivity (Wildman–Crippen MR) is 128 cm³/mol. The lowest BCUT2D eigenvalue weighted by Gasteiger charge is -2.36. The van der Waals surface area contributed by atoms with Gasteiger partial charge in [0.2, 0.25) is 5.91 Å². The van der Waals surface area contributed by atoms with E-state index in [1.807, 2.05) is 25.1 Å². The molecule has 2 aliphatic heterocycles. The van der Waals surface area contributed by atoms with Gasteiger partial charge in [0, 0.05) is 56.4 Å². The minimum atomic E-state index is -0.278. The second kappa shape index (κ2) is 9.54. The molecular formula is C24H31FN8O. The quantitative estimate of drug-likeness (QED) is 0.617. The van der Waals surface area contributed by atoms with Crippen molar-refractivity contribution in [2.24, 2.45) is 5.92 Å². The number of aromatic nitrogens is 4. The lowest BCUT2D eigenvalue weighted by molar-refractivity contribution is -0.126. The van der Waals surface area contributed by atoms with E-state index < -0.39 is 0 Å². The van der Waals surface area contributed by atoms with Crippen LogP contribution in [-0.4, -0.2) is 76.9 Å².